The summed E-state index contributed by atoms with van der Waals surface area (Å²) in [7, 11) is 1.77. The van der Waals surface area contributed by atoms with Crippen LogP contribution in [0.2, 0.25) is 5.02 Å². The molecule has 1 aliphatic rings. The SMILES string of the molecule is CCC(=O)N1CCC(NC(=NC)NCC(C)(C)c2ccccc2Cl)C1.I. The predicted octanol–water partition coefficient (Wildman–Crippen LogP) is 3.41. The summed E-state index contributed by atoms with van der Waals surface area (Å²) in [6, 6.07) is 8.17. The molecule has 1 heterocycles. The van der Waals surface area contributed by atoms with E-state index in [1.54, 1.807) is 7.05 Å². The summed E-state index contributed by atoms with van der Waals surface area (Å²) in [6.07, 6.45) is 1.51. The Morgan fingerprint density at radius 1 is 1.38 bits per heavy atom. The molecule has 1 unspecified atom stereocenters. The third-order valence-electron chi connectivity index (χ3n) is 4.71. The maximum absolute atomic E-state index is 11.8. The first-order valence-electron chi connectivity index (χ1n) is 8.87. The third kappa shape index (κ3) is 6.01. The van der Waals surface area contributed by atoms with Gasteiger partial charge in [-0.25, -0.2) is 0 Å². The number of nitrogens with zero attached hydrogens (tertiary/aromatic N) is 2. The van der Waals surface area contributed by atoms with Crippen LogP contribution in [0.3, 0.4) is 0 Å². The molecule has 146 valence electrons. The van der Waals surface area contributed by atoms with E-state index in [0.717, 1.165) is 36.1 Å². The lowest BCUT2D eigenvalue weighted by Crippen LogP contribution is -2.48. The molecule has 0 spiro atoms. The fourth-order valence-corrected chi connectivity index (χ4v) is 3.52. The molecule has 1 aromatic rings. The van der Waals surface area contributed by atoms with Crippen molar-refractivity contribution in [2.24, 2.45) is 4.99 Å². The van der Waals surface area contributed by atoms with Gasteiger partial charge in [-0.15, -0.1) is 24.0 Å². The van der Waals surface area contributed by atoms with Crippen molar-refractivity contribution in [3.05, 3.63) is 34.9 Å². The van der Waals surface area contributed by atoms with Crippen LogP contribution < -0.4 is 10.6 Å². The van der Waals surface area contributed by atoms with Crippen LogP contribution in [0.4, 0.5) is 0 Å². The highest BCUT2D eigenvalue weighted by Crippen LogP contribution is 2.28. The van der Waals surface area contributed by atoms with Crippen LogP contribution in [-0.4, -0.2) is 49.5 Å². The lowest BCUT2D eigenvalue weighted by atomic mass is 9.84. The fourth-order valence-electron chi connectivity index (χ4n) is 3.13. The number of carbonyl (C=O) groups is 1. The second-order valence-corrected chi connectivity index (χ2v) is 7.52. The number of aliphatic imine (C=N–C) groups is 1. The van der Waals surface area contributed by atoms with Crippen molar-refractivity contribution >= 4 is 47.4 Å². The number of rotatable bonds is 5. The van der Waals surface area contributed by atoms with Gasteiger partial charge in [0.15, 0.2) is 5.96 Å². The quantitative estimate of drug-likeness (QED) is 0.376. The normalized spacial score (nSPS) is 17.7. The Balaban J connectivity index is 0.00000338. The molecule has 1 saturated heterocycles. The highest BCUT2D eigenvalue weighted by Gasteiger charge is 2.27. The van der Waals surface area contributed by atoms with E-state index >= 15 is 0 Å². The zero-order chi connectivity index (χ0) is 18.4. The van der Waals surface area contributed by atoms with E-state index < -0.39 is 0 Å². The topological polar surface area (TPSA) is 56.7 Å². The molecule has 0 saturated carbocycles. The highest BCUT2D eigenvalue weighted by molar-refractivity contribution is 14.0. The zero-order valence-electron chi connectivity index (χ0n) is 16.0. The van der Waals surface area contributed by atoms with Crippen LogP contribution in [0.5, 0.6) is 0 Å². The van der Waals surface area contributed by atoms with Crippen molar-refractivity contribution in [3.8, 4) is 0 Å². The number of guanidine groups is 1. The number of hydrogen-bond donors (Lipinski definition) is 2. The van der Waals surface area contributed by atoms with Crippen molar-refractivity contribution in [2.45, 2.75) is 45.1 Å². The monoisotopic (exact) mass is 492 g/mol. The van der Waals surface area contributed by atoms with Crippen molar-refractivity contribution < 1.29 is 4.79 Å². The predicted molar refractivity (Wildman–Crippen MR) is 120 cm³/mol. The van der Waals surface area contributed by atoms with Crippen molar-refractivity contribution in [2.75, 3.05) is 26.7 Å². The van der Waals surface area contributed by atoms with Gasteiger partial charge >= 0.3 is 0 Å². The van der Waals surface area contributed by atoms with E-state index in [2.05, 4.69) is 35.5 Å². The van der Waals surface area contributed by atoms with E-state index in [1.807, 2.05) is 30.0 Å². The van der Waals surface area contributed by atoms with Crippen molar-refractivity contribution in [1.29, 1.82) is 0 Å². The van der Waals surface area contributed by atoms with Crippen LogP contribution in [0.15, 0.2) is 29.3 Å². The van der Waals surface area contributed by atoms with Gasteiger partial charge in [0.2, 0.25) is 5.91 Å². The number of amides is 1. The number of benzene rings is 1. The van der Waals surface area contributed by atoms with Crippen LogP contribution >= 0.6 is 35.6 Å². The van der Waals surface area contributed by atoms with Gasteiger partial charge in [0, 0.05) is 49.6 Å². The number of halogens is 2. The van der Waals surface area contributed by atoms with Gasteiger partial charge in [-0.3, -0.25) is 9.79 Å². The van der Waals surface area contributed by atoms with Gasteiger partial charge in [0.05, 0.1) is 0 Å². The summed E-state index contributed by atoms with van der Waals surface area (Å²) in [6.45, 7) is 8.48. The Hall–Kier alpha value is -1.02. The molecule has 0 radical (unpaired) electrons. The van der Waals surface area contributed by atoms with E-state index in [0.29, 0.717) is 13.0 Å². The molecule has 1 amide bonds. The minimum absolute atomic E-state index is 0. The maximum atomic E-state index is 11.8. The minimum Gasteiger partial charge on any atom is -0.356 e. The molecule has 1 aliphatic heterocycles. The standard InChI is InChI=1S/C19H29ClN4O.HI/c1-5-17(25)24-11-10-14(12-24)23-18(21-4)22-13-19(2,3)15-8-6-7-9-16(15)20;/h6-9,14H,5,10-13H2,1-4H3,(H2,21,22,23);1H. The molecule has 2 N–H and O–H groups in total. The van der Waals surface area contributed by atoms with Crippen LogP contribution in [0.25, 0.3) is 0 Å². The second-order valence-electron chi connectivity index (χ2n) is 7.11. The fraction of sp³-hybridized carbons (Fsp3) is 0.579. The summed E-state index contributed by atoms with van der Waals surface area (Å²) in [5, 5.41) is 7.60. The lowest BCUT2D eigenvalue weighted by Gasteiger charge is -2.28. The number of nitrogens with one attached hydrogen (secondary N) is 2. The first-order chi connectivity index (χ1) is 11.9. The van der Waals surface area contributed by atoms with E-state index in [1.165, 1.54) is 0 Å². The van der Waals surface area contributed by atoms with Crippen molar-refractivity contribution in [1.82, 2.24) is 15.5 Å². The van der Waals surface area contributed by atoms with Gasteiger partial charge in [0.1, 0.15) is 0 Å². The Kier molecular flexibility index (Phi) is 9.16. The highest BCUT2D eigenvalue weighted by atomic mass is 127. The molecule has 5 nitrogen and oxygen atoms in total. The van der Waals surface area contributed by atoms with Crippen LogP contribution in [-0.2, 0) is 10.2 Å². The Morgan fingerprint density at radius 2 is 2.08 bits per heavy atom. The smallest absolute Gasteiger partial charge is 0.222 e. The molecule has 7 heteroatoms. The maximum Gasteiger partial charge on any atom is 0.222 e. The van der Waals surface area contributed by atoms with Gasteiger partial charge in [-0.2, -0.15) is 0 Å². The summed E-state index contributed by atoms with van der Waals surface area (Å²) >= 11 is 6.34. The van der Waals surface area contributed by atoms with Crippen molar-refractivity contribution in [3.63, 3.8) is 0 Å². The first kappa shape index (κ1) is 23.0. The third-order valence-corrected chi connectivity index (χ3v) is 5.04. The summed E-state index contributed by atoms with van der Waals surface area (Å²) < 4.78 is 0. The van der Waals surface area contributed by atoms with E-state index in [9.17, 15) is 4.79 Å². The summed E-state index contributed by atoms with van der Waals surface area (Å²) in [5.41, 5.74) is 0.982. The Morgan fingerprint density at radius 3 is 2.69 bits per heavy atom. The molecule has 1 fully saturated rings. The summed E-state index contributed by atoms with van der Waals surface area (Å²) in [4.78, 5) is 18.0. The summed E-state index contributed by atoms with van der Waals surface area (Å²) in [5.74, 6) is 0.975. The molecule has 0 aliphatic carbocycles. The van der Waals surface area contributed by atoms with E-state index in [4.69, 9.17) is 11.6 Å². The molecule has 0 aromatic heterocycles. The van der Waals surface area contributed by atoms with Gasteiger partial charge in [-0.1, -0.05) is 50.6 Å². The number of likely N-dealkylation sites (tertiary alicyclic amines) is 1. The number of carbonyl (C=O) groups excluding carboxylic acids is 1. The Bertz CT molecular complexity index is 636. The molecule has 26 heavy (non-hydrogen) atoms. The van der Waals surface area contributed by atoms with Crippen LogP contribution in [0.1, 0.15) is 39.2 Å². The second kappa shape index (κ2) is 10.3. The lowest BCUT2D eigenvalue weighted by molar-refractivity contribution is -0.129. The molecule has 2 rings (SSSR count). The van der Waals surface area contributed by atoms with Gasteiger partial charge in [0.25, 0.3) is 0 Å². The van der Waals surface area contributed by atoms with Crippen LogP contribution in [0, 0.1) is 0 Å². The molecule has 1 atom stereocenters. The number of hydrogen-bond acceptors (Lipinski definition) is 2. The van der Waals surface area contributed by atoms with Gasteiger partial charge in [-0.05, 0) is 18.1 Å². The molecular formula is C19H30ClIN4O. The molecule has 0 bridgehead atoms. The molecular weight excluding hydrogens is 463 g/mol. The average molecular weight is 493 g/mol. The minimum atomic E-state index is -0.129. The first-order valence-corrected chi connectivity index (χ1v) is 9.25. The van der Waals surface area contributed by atoms with Gasteiger partial charge < -0.3 is 15.5 Å². The zero-order valence-corrected chi connectivity index (χ0v) is 19.1. The largest absolute Gasteiger partial charge is 0.356 e. The average Bonchev–Trinajstić information content (AvgIpc) is 3.06. The van der Waals surface area contributed by atoms with E-state index in [-0.39, 0.29) is 41.3 Å². The Labute approximate surface area is 179 Å². The molecule has 1 aromatic carbocycles.